The van der Waals surface area contributed by atoms with Gasteiger partial charge in [-0.1, -0.05) is 41.0 Å². The summed E-state index contributed by atoms with van der Waals surface area (Å²) >= 11 is 6.27. The van der Waals surface area contributed by atoms with Crippen LogP contribution in [0.2, 0.25) is 0 Å². The summed E-state index contributed by atoms with van der Waals surface area (Å²) in [5.41, 5.74) is 2.69. The normalized spacial score (nSPS) is 15.2. The highest BCUT2D eigenvalue weighted by molar-refractivity contribution is 7.90. The molecule has 2 N–H and O–H groups in total. The minimum Gasteiger partial charge on any atom is -0.481 e. The highest BCUT2D eigenvalue weighted by Crippen LogP contribution is 2.31. The first-order valence-electron chi connectivity index (χ1n) is 10.5. The van der Waals surface area contributed by atoms with Crippen molar-refractivity contribution in [2.75, 3.05) is 11.1 Å². The van der Waals surface area contributed by atoms with Crippen LogP contribution in [-0.4, -0.2) is 42.6 Å². The van der Waals surface area contributed by atoms with Gasteiger partial charge < -0.3 is 14.4 Å². The molecule has 33 heavy (non-hydrogen) atoms. The number of carbonyl (C=O) groups excluding carboxylic acids is 1. The summed E-state index contributed by atoms with van der Waals surface area (Å²) in [5, 5.41) is 16.0. The zero-order valence-electron chi connectivity index (χ0n) is 18.0. The van der Waals surface area contributed by atoms with E-state index in [-0.39, 0.29) is 5.75 Å². The van der Waals surface area contributed by atoms with E-state index in [0.717, 1.165) is 36.3 Å². The molecule has 0 fully saturated rings. The summed E-state index contributed by atoms with van der Waals surface area (Å²) in [6.07, 6.45) is 3.33. The highest BCUT2D eigenvalue weighted by Gasteiger charge is 2.22. The fourth-order valence-electron chi connectivity index (χ4n) is 3.55. The molecule has 0 saturated heterocycles. The molecule has 1 amide bonds. The second kappa shape index (κ2) is 10.8. The van der Waals surface area contributed by atoms with Gasteiger partial charge in [-0.05, 0) is 43.7 Å². The van der Waals surface area contributed by atoms with Crippen LogP contribution >= 0.6 is 11.6 Å². The van der Waals surface area contributed by atoms with Gasteiger partial charge in [0.15, 0.2) is 9.84 Å². The van der Waals surface area contributed by atoms with Crippen molar-refractivity contribution in [1.29, 1.82) is 0 Å². The van der Waals surface area contributed by atoms with Gasteiger partial charge in [0.25, 0.3) is 0 Å². The predicted octanol–water partition coefficient (Wildman–Crippen LogP) is 4.74. The number of benzene rings is 1. The Morgan fingerprint density at radius 2 is 1.94 bits per heavy atom. The topological polar surface area (TPSA) is 136 Å². The summed E-state index contributed by atoms with van der Waals surface area (Å²) < 4.78 is 34.6. The lowest BCUT2D eigenvalue weighted by Crippen LogP contribution is -2.23. The van der Waals surface area contributed by atoms with E-state index in [1.807, 2.05) is 0 Å². The van der Waals surface area contributed by atoms with Crippen molar-refractivity contribution < 1.29 is 32.4 Å². The van der Waals surface area contributed by atoms with E-state index >= 15 is 0 Å². The maximum absolute atomic E-state index is 12.4. The molecule has 0 radical (unpaired) electrons. The second-order valence-electron chi connectivity index (χ2n) is 7.82. The van der Waals surface area contributed by atoms with Crippen molar-refractivity contribution in [2.24, 2.45) is 0 Å². The van der Waals surface area contributed by atoms with Crippen LogP contribution in [0.15, 0.2) is 45.7 Å². The summed E-state index contributed by atoms with van der Waals surface area (Å²) in [5.74, 6) is -1.86. The van der Waals surface area contributed by atoms with Crippen LogP contribution < -0.4 is 5.32 Å². The number of amides is 1. The number of hydrogen-bond acceptors (Lipinski definition) is 7. The molecule has 1 aromatic carbocycles. The maximum Gasteiger partial charge on any atom is 0.412 e. The molecule has 1 aliphatic carbocycles. The number of anilines is 1. The van der Waals surface area contributed by atoms with Gasteiger partial charge in [0.2, 0.25) is 0 Å². The molecule has 0 aliphatic heterocycles. The minimum absolute atomic E-state index is 0.271. The fourth-order valence-corrected chi connectivity index (χ4v) is 5.26. The highest BCUT2D eigenvalue weighted by atomic mass is 35.5. The van der Waals surface area contributed by atoms with Crippen LogP contribution in [0.4, 0.5) is 10.5 Å². The van der Waals surface area contributed by atoms with Gasteiger partial charge in [-0.25, -0.2) is 13.2 Å². The average Bonchev–Trinajstić information content (AvgIpc) is 3.20. The molecular weight excluding hydrogens is 472 g/mol. The molecule has 1 aliphatic rings. The van der Waals surface area contributed by atoms with E-state index in [9.17, 15) is 18.0 Å². The fraction of sp³-hybridized carbons (Fsp3) is 0.409. The Morgan fingerprint density at radius 1 is 1.24 bits per heavy atom. The SMILES string of the molecule is C[C@@H](OC(=O)Nc1conc1-c1ccc(CS(=O)(=O)CCC(=O)O)cc1)C1=C(Cl)CCCC1. The Labute approximate surface area is 196 Å². The number of nitrogens with one attached hydrogen (secondary N) is 1. The van der Waals surface area contributed by atoms with Crippen LogP contribution in [-0.2, 0) is 25.1 Å². The van der Waals surface area contributed by atoms with Crippen molar-refractivity contribution in [3.63, 3.8) is 0 Å². The average molecular weight is 497 g/mol. The number of sulfone groups is 1. The van der Waals surface area contributed by atoms with Crippen molar-refractivity contribution in [1.82, 2.24) is 5.16 Å². The van der Waals surface area contributed by atoms with Crippen LogP contribution in [0.1, 0.15) is 44.6 Å². The number of carbonyl (C=O) groups is 2. The number of ether oxygens (including phenoxy) is 1. The molecular formula is C22H25ClN2O7S. The largest absolute Gasteiger partial charge is 0.481 e. The van der Waals surface area contributed by atoms with Crippen molar-refractivity contribution in [3.05, 3.63) is 46.7 Å². The molecule has 1 aromatic heterocycles. The Balaban J connectivity index is 1.64. The molecule has 3 rings (SSSR count). The van der Waals surface area contributed by atoms with Crippen LogP contribution in [0, 0.1) is 0 Å². The first kappa shape index (κ1) is 24.8. The summed E-state index contributed by atoms with van der Waals surface area (Å²) in [6, 6.07) is 6.49. The first-order chi connectivity index (χ1) is 15.6. The monoisotopic (exact) mass is 496 g/mol. The lowest BCUT2D eigenvalue weighted by molar-refractivity contribution is -0.136. The van der Waals surface area contributed by atoms with E-state index in [2.05, 4.69) is 10.5 Å². The van der Waals surface area contributed by atoms with Crippen LogP contribution in [0.25, 0.3) is 11.3 Å². The lowest BCUT2D eigenvalue weighted by atomic mass is 9.96. The van der Waals surface area contributed by atoms with Gasteiger partial charge in [0.05, 0.1) is 17.9 Å². The van der Waals surface area contributed by atoms with E-state index in [1.165, 1.54) is 6.26 Å². The Bertz CT molecular complexity index is 1140. The number of halogens is 1. The molecule has 1 atom stereocenters. The second-order valence-corrected chi connectivity index (χ2v) is 10.5. The molecule has 0 saturated carbocycles. The Morgan fingerprint density at radius 3 is 2.61 bits per heavy atom. The van der Waals surface area contributed by atoms with Gasteiger partial charge in [-0.3, -0.25) is 10.1 Å². The third-order valence-electron chi connectivity index (χ3n) is 5.26. The Hall–Kier alpha value is -2.85. The molecule has 0 unspecified atom stereocenters. The van der Waals surface area contributed by atoms with E-state index < -0.39 is 40.2 Å². The number of aromatic nitrogens is 1. The van der Waals surface area contributed by atoms with Gasteiger partial charge in [-0.2, -0.15) is 0 Å². The molecule has 11 heteroatoms. The van der Waals surface area contributed by atoms with E-state index in [4.69, 9.17) is 26.0 Å². The minimum atomic E-state index is -3.55. The first-order valence-corrected chi connectivity index (χ1v) is 12.7. The van der Waals surface area contributed by atoms with E-state index in [0.29, 0.717) is 22.5 Å². The number of rotatable bonds is 9. The standard InChI is InChI=1S/C22H25ClN2O7S/c1-14(17-4-2-3-5-18(17)23)32-22(28)24-19-12-31-25-21(19)16-8-6-15(7-9-16)13-33(29,30)11-10-20(26)27/h6-9,12,14H,2-5,10-11,13H2,1H3,(H,24,28)(H,26,27)/t14-/m1/s1. The molecule has 1 heterocycles. The number of nitrogens with zero attached hydrogens (tertiary/aromatic N) is 1. The van der Waals surface area contributed by atoms with Gasteiger partial charge in [-0.15, -0.1) is 0 Å². The molecule has 9 nitrogen and oxygen atoms in total. The molecule has 178 valence electrons. The Kier molecular flexibility index (Phi) is 8.15. The third kappa shape index (κ3) is 7.06. The molecule has 2 aromatic rings. The van der Waals surface area contributed by atoms with Gasteiger partial charge >= 0.3 is 12.1 Å². The van der Waals surface area contributed by atoms with Crippen molar-refractivity contribution in [3.8, 4) is 11.3 Å². The summed E-state index contributed by atoms with van der Waals surface area (Å²) in [6.45, 7) is 1.78. The predicted molar refractivity (Wildman–Crippen MR) is 123 cm³/mol. The molecule has 0 spiro atoms. The van der Waals surface area contributed by atoms with Crippen LogP contribution in [0.5, 0.6) is 0 Å². The van der Waals surface area contributed by atoms with Gasteiger partial charge in [0, 0.05) is 10.6 Å². The number of carboxylic acids is 1. The van der Waals surface area contributed by atoms with Crippen LogP contribution in [0.3, 0.4) is 0 Å². The number of aliphatic carboxylic acids is 1. The number of hydrogen-bond donors (Lipinski definition) is 2. The zero-order valence-corrected chi connectivity index (χ0v) is 19.6. The quantitative estimate of drug-likeness (QED) is 0.508. The van der Waals surface area contributed by atoms with Crippen molar-refractivity contribution >= 4 is 39.2 Å². The zero-order chi connectivity index (χ0) is 24.0. The molecule has 0 bridgehead atoms. The third-order valence-corrected chi connectivity index (χ3v) is 7.29. The summed E-state index contributed by atoms with van der Waals surface area (Å²) in [7, 11) is -3.55. The maximum atomic E-state index is 12.4. The lowest BCUT2D eigenvalue weighted by Gasteiger charge is -2.22. The number of carboxylic acid groups (broad SMARTS) is 1. The van der Waals surface area contributed by atoms with Crippen molar-refractivity contribution in [2.45, 2.75) is 50.9 Å². The summed E-state index contributed by atoms with van der Waals surface area (Å²) in [4.78, 5) is 23.0. The smallest absolute Gasteiger partial charge is 0.412 e. The number of allylic oxidation sites excluding steroid dienone is 1. The van der Waals surface area contributed by atoms with E-state index in [1.54, 1.807) is 31.2 Å². The van der Waals surface area contributed by atoms with Gasteiger partial charge in [0.1, 0.15) is 23.7 Å².